The molecule has 0 saturated carbocycles. The van der Waals surface area contributed by atoms with Crippen LogP contribution in [-0.2, 0) is 0 Å². The smallest absolute Gasteiger partial charge is 0.155 e. The van der Waals surface area contributed by atoms with Gasteiger partial charge < -0.3 is 0 Å². The van der Waals surface area contributed by atoms with Gasteiger partial charge in [0.1, 0.15) is 0 Å². The Labute approximate surface area is 131 Å². The first-order valence-electron chi connectivity index (χ1n) is 7.45. The summed E-state index contributed by atoms with van der Waals surface area (Å²) in [5.74, 6) is 0.781. The molecule has 2 aromatic carbocycles. The number of amidine groups is 1. The van der Waals surface area contributed by atoms with Crippen molar-refractivity contribution >= 4 is 11.5 Å². The van der Waals surface area contributed by atoms with Gasteiger partial charge >= 0.3 is 0 Å². The Bertz CT molecular complexity index is 751. The minimum absolute atomic E-state index is 0.646. The molecule has 22 heavy (non-hydrogen) atoms. The number of rotatable bonds is 2. The van der Waals surface area contributed by atoms with Crippen LogP contribution in [0.1, 0.15) is 18.1 Å². The van der Waals surface area contributed by atoms with Gasteiger partial charge in [-0.2, -0.15) is 0 Å². The van der Waals surface area contributed by atoms with Crippen molar-refractivity contribution in [3.63, 3.8) is 0 Å². The van der Waals surface area contributed by atoms with Gasteiger partial charge in [0, 0.05) is 11.1 Å². The Hall–Kier alpha value is -2.74. The maximum atomic E-state index is 4.88. The largest absolute Gasteiger partial charge is 0.262 e. The van der Waals surface area contributed by atoms with E-state index in [-0.39, 0.29) is 0 Å². The molecule has 0 radical (unpaired) electrons. The van der Waals surface area contributed by atoms with Gasteiger partial charge in [0.05, 0.1) is 12.3 Å². The third-order valence-electron chi connectivity index (χ3n) is 3.53. The predicted octanol–water partition coefficient (Wildman–Crippen LogP) is 4.44. The molecule has 0 aliphatic carbocycles. The number of nitrogens with zero attached hydrogens (tertiary/aromatic N) is 2. The topological polar surface area (TPSA) is 24.7 Å². The highest BCUT2D eigenvalue weighted by molar-refractivity contribution is 6.20. The van der Waals surface area contributed by atoms with E-state index in [0.717, 1.165) is 28.2 Å². The second-order valence-electron chi connectivity index (χ2n) is 5.00. The van der Waals surface area contributed by atoms with Crippen molar-refractivity contribution in [1.29, 1.82) is 0 Å². The lowest BCUT2D eigenvalue weighted by Crippen LogP contribution is -2.11. The summed E-state index contributed by atoms with van der Waals surface area (Å²) in [4.78, 5) is 9.49. The highest BCUT2D eigenvalue weighted by Crippen LogP contribution is 2.15. The summed E-state index contributed by atoms with van der Waals surface area (Å²) in [5.41, 5.74) is 4.23. The molecule has 108 valence electrons. The van der Waals surface area contributed by atoms with Crippen LogP contribution in [0.2, 0.25) is 0 Å². The first kappa shape index (κ1) is 14.2. The fourth-order valence-electron chi connectivity index (χ4n) is 2.41. The minimum Gasteiger partial charge on any atom is -0.262 e. The second-order valence-corrected chi connectivity index (χ2v) is 5.00. The lowest BCUT2D eigenvalue weighted by Gasteiger charge is -2.12. The number of hydrogen-bond acceptors (Lipinski definition) is 2. The van der Waals surface area contributed by atoms with Crippen LogP contribution in [0, 0.1) is 0 Å². The molecule has 2 nitrogen and oxygen atoms in total. The van der Waals surface area contributed by atoms with Crippen LogP contribution in [0.15, 0.2) is 94.4 Å². The average molecular weight is 286 g/mol. The summed E-state index contributed by atoms with van der Waals surface area (Å²) in [7, 11) is 0. The van der Waals surface area contributed by atoms with Gasteiger partial charge in [0.2, 0.25) is 0 Å². The Morgan fingerprint density at radius 2 is 1.50 bits per heavy atom. The molecular weight excluding hydrogens is 268 g/mol. The van der Waals surface area contributed by atoms with E-state index >= 15 is 0 Å². The highest BCUT2D eigenvalue weighted by Gasteiger charge is 2.11. The summed E-state index contributed by atoms with van der Waals surface area (Å²) in [6, 6.07) is 20.4. The zero-order valence-electron chi connectivity index (χ0n) is 12.6. The van der Waals surface area contributed by atoms with E-state index in [9.17, 15) is 0 Å². The minimum atomic E-state index is 0.646. The van der Waals surface area contributed by atoms with Gasteiger partial charge in [-0.15, -0.1) is 0 Å². The van der Waals surface area contributed by atoms with Crippen LogP contribution in [0.5, 0.6) is 0 Å². The van der Waals surface area contributed by atoms with E-state index in [1.165, 1.54) is 0 Å². The number of hydrogen-bond donors (Lipinski definition) is 0. The lowest BCUT2D eigenvalue weighted by molar-refractivity contribution is 1.21. The molecule has 0 aromatic heterocycles. The normalized spacial score (nSPS) is 18.1. The average Bonchev–Trinajstić information content (AvgIpc) is 2.57. The first-order chi connectivity index (χ1) is 10.9. The summed E-state index contributed by atoms with van der Waals surface area (Å²) < 4.78 is 0. The molecule has 2 heteroatoms. The van der Waals surface area contributed by atoms with E-state index in [0.29, 0.717) is 6.54 Å². The number of benzene rings is 2. The third-order valence-corrected chi connectivity index (χ3v) is 3.53. The summed E-state index contributed by atoms with van der Waals surface area (Å²) >= 11 is 0. The standard InChI is InChI=1S/C20H18N2/c1-2-16-14-9-15-21-20(18-12-7-4-8-13-18)22-19(16)17-10-5-3-6-11-17/h2-14H,15H2,1H3/b14-9-,16-2+,21-20?,22-19?. The number of allylic oxidation sites excluding steroid dienone is 3. The van der Waals surface area contributed by atoms with Gasteiger partial charge in [0.25, 0.3) is 0 Å². The maximum absolute atomic E-state index is 4.88. The summed E-state index contributed by atoms with van der Waals surface area (Å²) in [6.07, 6.45) is 6.27. The Kier molecular flexibility index (Phi) is 4.40. The molecule has 0 unspecified atom stereocenters. The quantitative estimate of drug-likeness (QED) is 0.780. The summed E-state index contributed by atoms with van der Waals surface area (Å²) in [6.45, 7) is 2.69. The van der Waals surface area contributed by atoms with E-state index in [4.69, 9.17) is 4.99 Å². The van der Waals surface area contributed by atoms with Gasteiger partial charge in [-0.3, -0.25) is 4.99 Å². The Morgan fingerprint density at radius 1 is 0.864 bits per heavy atom. The fourth-order valence-corrected chi connectivity index (χ4v) is 2.41. The van der Waals surface area contributed by atoms with Crippen LogP contribution in [0.25, 0.3) is 0 Å². The zero-order chi connectivity index (χ0) is 15.2. The molecule has 0 bridgehead atoms. The van der Waals surface area contributed by atoms with Crippen LogP contribution in [0.4, 0.5) is 0 Å². The molecule has 2 aromatic rings. The van der Waals surface area contributed by atoms with Crippen molar-refractivity contribution in [3.8, 4) is 0 Å². The van der Waals surface area contributed by atoms with Crippen molar-refractivity contribution in [1.82, 2.24) is 0 Å². The van der Waals surface area contributed by atoms with Gasteiger partial charge in [-0.25, -0.2) is 4.99 Å². The molecule has 1 aliphatic rings. The molecular formula is C20H18N2. The van der Waals surface area contributed by atoms with Crippen molar-refractivity contribution in [2.45, 2.75) is 6.92 Å². The van der Waals surface area contributed by atoms with E-state index in [1.807, 2.05) is 55.5 Å². The Balaban J connectivity index is 2.14. The molecule has 0 spiro atoms. The molecule has 1 heterocycles. The van der Waals surface area contributed by atoms with E-state index < -0.39 is 0 Å². The van der Waals surface area contributed by atoms with Crippen molar-refractivity contribution < 1.29 is 0 Å². The summed E-state index contributed by atoms with van der Waals surface area (Å²) in [5, 5.41) is 0. The van der Waals surface area contributed by atoms with E-state index in [1.54, 1.807) is 0 Å². The van der Waals surface area contributed by atoms with Crippen LogP contribution in [0.3, 0.4) is 0 Å². The molecule has 0 saturated heterocycles. The van der Waals surface area contributed by atoms with Crippen molar-refractivity contribution in [3.05, 3.63) is 95.6 Å². The zero-order valence-corrected chi connectivity index (χ0v) is 12.6. The molecule has 1 aliphatic heterocycles. The monoisotopic (exact) mass is 286 g/mol. The molecule has 0 fully saturated rings. The molecule has 0 N–H and O–H groups in total. The van der Waals surface area contributed by atoms with E-state index in [2.05, 4.69) is 35.4 Å². The van der Waals surface area contributed by atoms with Gasteiger partial charge in [0.15, 0.2) is 5.84 Å². The van der Waals surface area contributed by atoms with Crippen LogP contribution >= 0.6 is 0 Å². The van der Waals surface area contributed by atoms with Crippen LogP contribution in [-0.4, -0.2) is 18.1 Å². The highest BCUT2D eigenvalue weighted by atomic mass is 14.9. The molecule has 3 rings (SSSR count). The first-order valence-corrected chi connectivity index (χ1v) is 7.45. The molecule has 0 atom stereocenters. The SMILES string of the molecule is C/C=C1\C=C/CN=C(c2ccccc2)N=C1c1ccccc1. The van der Waals surface area contributed by atoms with Gasteiger partial charge in [-0.05, 0) is 12.5 Å². The van der Waals surface area contributed by atoms with Gasteiger partial charge in [-0.1, -0.05) is 78.9 Å². The lowest BCUT2D eigenvalue weighted by atomic mass is 10.0. The molecule has 0 amide bonds. The maximum Gasteiger partial charge on any atom is 0.155 e. The second kappa shape index (κ2) is 6.81. The predicted molar refractivity (Wildman–Crippen MR) is 93.7 cm³/mol. The van der Waals surface area contributed by atoms with Crippen molar-refractivity contribution in [2.75, 3.05) is 6.54 Å². The third kappa shape index (κ3) is 3.12. The van der Waals surface area contributed by atoms with Crippen molar-refractivity contribution in [2.24, 2.45) is 9.98 Å². The number of aliphatic imine (C=N–C) groups is 2. The van der Waals surface area contributed by atoms with Crippen LogP contribution < -0.4 is 0 Å². The Morgan fingerprint density at radius 3 is 2.14 bits per heavy atom. The fraction of sp³-hybridized carbons (Fsp3) is 0.100.